The van der Waals surface area contributed by atoms with Crippen LogP contribution in [0.1, 0.15) is 42.5 Å². The first-order chi connectivity index (χ1) is 17.0. The van der Waals surface area contributed by atoms with Crippen molar-refractivity contribution in [2.75, 3.05) is 6.54 Å². The van der Waals surface area contributed by atoms with Gasteiger partial charge in [-0.1, -0.05) is 18.2 Å². The molecule has 0 saturated carbocycles. The summed E-state index contributed by atoms with van der Waals surface area (Å²) in [5, 5.41) is 14.8. The van der Waals surface area contributed by atoms with Gasteiger partial charge in [-0.3, -0.25) is 14.3 Å². The third-order valence-electron chi connectivity index (χ3n) is 7.15. The molecule has 11 heteroatoms. The number of carbonyl (C=O) groups is 2. The molecule has 0 amide bonds. The number of hydrogen-bond acceptors (Lipinski definition) is 6. The van der Waals surface area contributed by atoms with Crippen LogP contribution in [-0.2, 0) is 41.4 Å². The molecule has 1 aromatic carbocycles. The molecule has 0 radical (unpaired) electrons. The molecule has 36 heavy (non-hydrogen) atoms. The van der Waals surface area contributed by atoms with E-state index in [0.29, 0.717) is 30.7 Å². The van der Waals surface area contributed by atoms with E-state index in [2.05, 4.69) is 4.90 Å². The Morgan fingerprint density at radius 3 is 2.17 bits per heavy atom. The summed E-state index contributed by atoms with van der Waals surface area (Å²) in [5.41, 5.74) is 1.60. The molecule has 4 rings (SSSR count). The largest absolute Gasteiger partial charge is 0.473 e. The van der Waals surface area contributed by atoms with E-state index in [9.17, 15) is 14.0 Å². The van der Waals surface area contributed by atoms with Crippen LogP contribution >= 0.6 is 0 Å². The lowest BCUT2D eigenvalue weighted by atomic mass is 9.98. The zero-order chi connectivity index (χ0) is 26.6. The average molecular weight is 506 g/mol. The second-order valence-electron chi connectivity index (χ2n) is 9.25. The maximum Gasteiger partial charge on any atom is 0.414 e. The van der Waals surface area contributed by atoms with Crippen LogP contribution in [0.2, 0.25) is 0 Å². The third-order valence-corrected chi connectivity index (χ3v) is 7.15. The quantitative estimate of drug-likeness (QED) is 0.564. The van der Waals surface area contributed by atoms with Crippen molar-refractivity contribution in [1.82, 2.24) is 14.0 Å². The van der Waals surface area contributed by atoms with Crippen molar-refractivity contribution in [3.05, 3.63) is 67.7 Å². The molecule has 2 aromatic rings. The molecule has 196 valence electrons. The van der Waals surface area contributed by atoms with E-state index >= 15 is 0 Å². The zero-order valence-electron chi connectivity index (χ0n) is 20.6. The normalized spacial score (nSPS) is 21.1. The number of ether oxygens (including phenoxy) is 1. The van der Waals surface area contributed by atoms with E-state index in [0.717, 1.165) is 43.5 Å². The highest BCUT2D eigenvalue weighted by Gasteiger charge is 2.40. The minimum absolute atomic E-state index is 0.144. The summed E-state index contributed by atoms with van der Waals surface area (Å²) >= 11 is 0. The molecular weight excluding hydrogens is 473 g/mol. The standard InChI is InChI=1S/C23H30FN3O3.C2H2O4/c1-15-20(22(28)26(3)23(29)25(15)2)10-11-27-17-8-9-18(27)13-19(12-17)30-14-16-6-4-5-7-21(16)24;3-1(4)2(5)6/h4-7,17-19H,8-14H2,1-3H3;(H,3,4)(H,5,6). The predicted octanol–water partition coefficient (Wildman–Crippen LogP) is 1.44. The fourth-order valence-corrected chi connectivity index (χ4v) is 5.09. The lowest BCUT2D eigenvalue weighted by molar-refractivity contribution is -0.159. The number of benzene rings is 1. The zero-order valence-corrected chi connectivity index (χ0v) is 20.6. The van der Waals surface area contributed by atoms with Crippen LogP contribution in [0.5, 0.6) is 0 Å². The van der Waals surface area contributed by atoms with Gasteiger partial charge in [-0.25, -0.2) is 18.8 Å². The molecule has 2 aliphatic heterocycles. The van der Waals surface area contributed by atoms with Gasteiger partial charge in [0.2, 0.25) is 0 Å². The number of carboxylic acids is 2. The smallest absolute Gasteiger partial charge is 0.414 e. The van der Waals surface area contributed by atoms with Crippen LogP contribution in [0, 0.1) is 12.7 Å². The van der Waals surface area contributed by atoms with Crippen molar-refractivity contribution in [3.63, 3.8) is 0 Å². The Labute approximate surface area is 207 Å². The third kappa shape index (κ3) is 6.08. The Hall–Kier alpha value is -3.31. The summed E-state index contributed by atoms with van der Waals surface area (Å²) in [7, 11) is 3.25. The molecule has 2 atom stereocenters. The van der Waals surface area contributed by atoms with Crippen molar-refractivity contribution < 1.29 is 28.9 Å². The Bertz CT molecular complexity index is 1210. The van der Waals surface area contributed by atoms with Crippen LogP contribution in [0.4, 0.5) is 4.39 Å². The maximum absolute atomic E-state index is 13.8. The summed E-state index contributed by atoms with van der Waals surface area (Å²) in [6.07, 6.45) is 4.93. The number of nitrogens with zero attached hydrogens (tertiary/aromatic N) is 3. The number of halogens is 1. The number of aliphatic carboxylic acids is 2. The van der Waals surface area contributed by atoms with Crippen molar-refractivity contribution in [1.29, 1.82) is 0 Å². The van der Waals surface area contributed by atoms with Gasteiger partial charge in [-0.2, -0.15) is 0 Å². The minimum Gasteiger partial charge on any atom is -0.473 e. The van der Waals surface area contributed by atoms with Gasteiger partial charge in [0, 0.05) is 49.5 Å². The molecule has 2 saturated heterocycles. The molecule has 0 spiro atoms. The van der Waals surface area contributed by atoms with Gasteiger partial charge in [0.05, 0.1) is 12.7 Å². The van der Waals surface area contributed by atoms with E-state index in [1.807, 2.05) is 13.0 Å². The first-order valence-corrected chi connectivity index (χ1v) is 11.8. The number of rotatable bonds is 6. The minimum atomic E-state index is -1.82. The summed E-state index contributed by atoms with van der Waals surface area (Å²) < 4.78 is 22.7. The van der Waals surface area contributed by atoms with Gasteiger partial charge in [-0.05, 0) is 45.1 Å². The van der Waals surface area contributed by atoms with E-state index in [1.165, 1.54) is 17.7 Å². The average Bonchev–Trinajstić information content (AvgIpc) is 3.08. The van der Waals surface area contributed by atoms with Crippen LogP contribution in [0.25, 0.3) is 0 Å². The van der Waals surface area contributed by atoms with Crippen molar-refractivity contribution in [2.24, 2.45) is 14.1 Å². The Morgan fingerprint density at radius 2 is 1.61 bits per heavy atom. The molecule has 2 fully saturated rings. The van der Waals surface area contributed by atoms with Crippen LogP contribution in [0.15, 0.2) is 33.9 Å². The van der Waals surface area contributed by atoms with Gasteiger partial charge in [0.25, 0.3) is 5.56 Å². The van der Waals surface area contributed by atoms with Crippen LogP contribution in [-0.4, -0.2) is 60.9 Å². The van der Waals surface area contributed by atoms with Crippen LogP contribution in [0.3, 0.4) is 0 Å². The molecule has 0 aliphatic carbocycles. The molecular formula is C25H32FN3O7. The van der Waals surface area contributed by atoms with Gasteiger partial charge in [0.1, 0.15) is 5.82 Å². The van der Waals surface area contributed by atoms with Gasteiger partial charge in [0.15, 0.2) is 0 Å². The van der Waals surface area contributed by atoms with E-state index in [-0.39, 0.29) is 23.2 Å². The Balaban J connectivity index is 0.000000538. The lowest BCUT2D eigenvalue weighted by Gasteiger charge is -2.39. The van der Waals surface area contributed by atoms with E-state index in [4.69, 9.17) is 24.5 Å². The van der Waals surface area contributed by atoms with E-state index in [1.54, 1.807) is 23.7 Å². The Kier molecular flexibility index (Phi) is 8.80. The second kappa shape index (κ2) is 11.6. The van der Waals surface area contributed by atoms with Crippen LogP contribution < -0.4 is 11.2 Å². The van der Waals surface area contributed by atoms with Gasteiger partial charge >= 0.3 is 17.6 Å². The highest BCUT2D eigenvalue weighted by molar-refractivity contribution is 6.27. The number of aromatic nitrogens is 2. The fourth-order valence-electron chi connectivity index (χ4n) is 5.09. The molecule has 2 aliphatic rings. The number of fused-ring (bicyclic) bond motifs is 2. The number of piperidine rings is 1. The molecule has 1 aromatic heterocycles. The van der Waals surface area contributed by atoms with E-state index < -0.39 is 11.9 Å². The van der Waals surface area contributed by atoms with Crippen molar-refractivity contribution >= 4 is 11.9 Å². The summed E-state index contributed by atoms with van der Waals surface area (Å²) in [5.74, 6) is -3.86. The molecule has 2 N–H and O–H groups in total. The topological polar surface area (TPSA) is 131 Å². The predicted molar refractivity (Wildman–Crippen MR) is 128 cm³/mol. The SMILES string of the molecule is Cc1c(CCN2C3CCC2CC(OCc2ccccc2F)C3)c(=O)n(C)c(=O)n1C.O=C(O)C(=O)O. The maximum atomic E-state index is 13.8. The summed E-state index contributed by atoms with van der Waals surface area (Å²) in [6.45, 7) is 2.96. The Morgan fingerprint density at radius 1 is 1.03 bits per heavy atom. The molecule has 2 bridgehead atoms. The fraction of sp³-hybridized carbons (Fsp3) is 0.520. The molecule has 10 nitrogen and oxygen atoms in total. The highest BCUT2D eigenvalue weighted by Crippen LogP contribution is 2.37. The second-order valence-corrected chi connectivity index (χ2v) is 9.25. The first kappa shape index (κ1) is 27.3. The lowest BCUT2D eigenvalue weighted by Crippen LogP contribution is -2.47. The number of hydrogen-bond donors (Lipinski definition) is 2. The monoisotopic (exact) mass is 505 g/mol. The van der Waals surface area contributed by atoms with Crippen molar-refractivity contribution in [2.45, 2.75) is 63.8 Å². The molecule has 3 heterocycles. The number of carboxylic acid groups (broad SMARTS) is 2. The summed E-state index contributed by atoms with van der Waals surface area (Å²) in [4.78, 5) is 45.4. The van der Waals surface area contributed by atoms with Crippen molar-refractivity contribution in [3.8, 4) is 0 Å². The highest BCUT2D eigenvalue weighted by atomic mass is 19.1. The van der Waals surface area contributed by atoms with Gasteiger partial charge in [-0.15, -0.1) is 0 Å². The first-order valence-electron chi connectivity index (χ1n) is 11.8. The summed E-state index contributed by atoms with van der Waals surface area (Å²) in [6, 6.07) is 7.64. The molecule has 2 unspecified atom stereocenters. The van der Waals surface area contributed by atoms with Gasteiger partial charge < -0.3 is 19.5 Å².